The molecule has 0 bridgehead atoms. The van der Waals surface area contributed by atoms with Crippen molar-refractivity contribution < 1.29 is 4.74 Å². The van der Waals surface area contributed by atoms with E-state index in [0.29, 0.717) is 11.4 Å². The predicted molar refractivity (Wildman–Crippen MR) is 80.4 cm³/mol. The molecule has 0 saturated heterocycles. The summed E-state index contributed by atoms with van der Waals surface area (Å²) in [7, 11) is 1.59. The van der Waals surface area contributed by atoms with Crippen molar-refractivity contribution in [2.24, 2.45) is 0 Å². The normalized spacial score (nSPS) is 13.7. The van der Waals surface area contributed by atoms with Gasteiger partial charge < -0.3 is 9.30 Å². The van der Waals surface area contributed by atoms with Crippen LogP contribution < -0.4 is 4.74 Å². The van der Waals surface area contributed by atoms with Crippen LogP contribution in [0.1, 0.15) is 51.7 Å². The van der Waals surface area contributed by atoms with E-state index in [1.807, 2.05) is 6.92 Å². The second-order valence-corrected chi connectivity index (χ2v) is 5.84. The van der Waals surface area contributed by atoms with E-state index in [0.717, 1.165) is 24.3 Å². The summed E-state index contributed by atoms with van der Waals surface area (Å²) in [6.07, 6.45) is 3.45. The SMILES string of the molecule is CCC(C)(CC)n1c(C(C)Cl)nc2c(OC)ncnc21. The molecule has 1 unspecified atom stereocenters. The molecule has 0 N–H and O–H groups in total. The average molecular weight is 297 g/mol. The quantitative estimate of drug-likeness (QED) is 0.790. The van der Waals surface area contributed by atoms with Crippen LogP contribution >= 0.6 is 11.6 Å². The Bertz CT molecular complexity index is 604. The molecule has 0 aromatic carbocycles. The van der Waals surface area contributed by atoms with Gasteiger partial charge in [0.15, 0.2) is 11.2 Å². The number of hydrogen-bond donors (Lipinski definition) is 0. The third-order valence-electron chi connectivity index (χ3n) is 4.05. The number of nitrogens with zero attached hydrogens (tertiary/aromatic N) is 4. The van der Waals surface area contributed by atoms with E-state index >= 15 is 0 Å². The number of fused-ring (bicyclic) bond motifs is 1. The third-order valence-corrected chi connectivity index (χ3v) is 4.24. The predicted octanol–water partition coefficient (Wildman–Crippen LogP) is 3.67. The van der Waals surface area contributed by atoms with Crippen LogP contribution in [0.15, 0.2) is 6.33 Å². The molecule has 0 aliphatic carbocycles. The highest BCUT2D eigenvalue weighted by atomic mass is 35.5. The molecule has 2 rings (SSSR count). The molecule has 0 fully saturated rings. The van der Waals surface area contributed by atoms with Gasteiger partial charge in [0.25, 0.3) is 0 Å². The second kappa shape index (κ2) is 5.56. The molecule has 0 aliphatic rings. The van der Waals surface area contributed by atoms with Crippen molar-refractivity contribution >= 4 is 22.8 Å². The number of aromatic nitrogens is 4. The van der Waals surface area contributed by atoms with Gasteiger partial charge in [-0.05, 0) is 26.7 Å². The fourth-order valence-corrected chi connectivity index (χ4v) is 2.55. The van der Waals surface area contributed by atoms with E-state index in [1.54, 1.807) is 7.11 Å². The lowest BCUT2D eigenvalue weighted by molar-refractivity contribution is 0.292. The van der Waals surface area contributed by atoms with Gasteiger partial charge in [0.2, 0.25) is 5.88 Å². The van der Waals surface area contributed by atoms with Gasteiger partial charge in [0, 0.05) is 5.54 Å². The van der Waals surface area contributed by atoms with Crippen LogP contribution in [0.25, 0.3) is 11.2 Å². The Hall–Kier alpha value is -1.36. The van der Waals surface area contributed by atoms with E-state index in [2.05, 4.69) is 40.3 Å². The Balaban J connectivity index is 2.83. The Morgan fingerprint density at radius 3 is 2.50 bits per heavy atom. The molecule has 5 nitrogen and oxygen atoms in total. The lowest BCUT2D eigenvalue weighted by Gasteiger charge is -2.31. The summed E-state index contributed by atoms with van der Waals surface area (Å²) < 4.78 is 7.43. The summed E-state index contributed by atoms with van der Waals surface area (Å²) in [5, 5.41) is -0.202. The van der Waals surface area contributed by atoms with Gasteiger partial charge in [0.05, 0.1) is 12.5 Å². The van der Waals surface area contributed by atoms with Gasteiger partial charge in [-0.25, -0.2) is 9.97 Å². The van der Waals surface area contributed by atoms with Crippen molar-refractivity contribution in [3.8, 4) is 5.88 Å². The summed E-state index contributed by atoms with van der Waals surface area (Å²) in [5.41, 5.74) is 1.38. The van der Waals surface area contributed by atoms with Crippen LogP contribution in [-0.2, 0) is 5.54 Å². The zero-order valence-electron chi connectivity index (χ0n) is 12.6. The summed E-state index contributed by atoms with van der Waals surface area (Å²) >= 11 is 6.32. The molecule has 2 heterocycles. The zero-order valence-corrected chi connectivity index (χ0v) is 13.4. The summed E-state index contributed by atoms with van der Waals surface area (Å²) in [6, 6.07) is 0. The van der Waals surface area contributed by atoms with Gasteiger partial charge in [-0.1, -0.05) is 13.8 Å². The first kappa shape index (κ1) is 15.0. The van der Waals surface area contributed by atoms with E-state index in [-0.39, 0.29) is 10.9 Å². The molecule has 0 aliphatic heterocycles. The molecule has 0 radical (unpaired) electrons. The molecule has 20 heavy (non-hydrogen) atoms. The maximum atomic E-state index is 6.32. The molecule has 6 heteroatoms. The molecular weight excluding hydrogens is 276 g/mol. The minimum Gasteiger partial charge on any atom is -0.479 e. The maximum Gasteiger partial charge on any atom is 0.245 e. The van der Waals surface area contributed by atoms with Crippen molar-refractivity contribution in [1.29, 1.82) is 0 Å². The molecular formula is C14H21ClN4O. The first-order valence-electron chi connectivity index (χ1n) is 6.90. The lowest BCUT2D eigenvalue weighted by atomic mass is 9.95. The Morgan fingerprint density at radius 2 is 2.00 bits per heavy atom. The van der Waals surface area contributed by atoms with Gasteiger partial charge in [-0.3, -0.25) is 0 Å². The molecule has 2 aromatic rings. The third kappa shape index (κ3) is 2.24. The zero-order chi connectivity index (χ0) is 14.9. The van der Waals surface area contributed by atoms with Crippen molar-refractivity contribution in [3.05, 3.63) is 12.2 Å². The van der Waals surface area contributed by atoms with Gasteiger partial charge >= 0.3 is 0 Å². The number of halogens is 1. The van der Waals surface area contributed by atoms with Crippen molar-refractivity contribution in [1.82, 2.24) is 19.5 Å². The largest absolute Gasteiger partial charge is 0.479 e. The monoisotopic (exact) mass is 296 g/mol. The van der Waals surface area contributed by atoms with Crippen molar-refractivity contribution in [2.75, 3.05) is 7.11 Å². The minimum absolute atomic E-state index is 0.0768. The Morgan fingerprint density at radius 1 is 1.35 bits per heavy atom. The second-order valence-electron chi connectivity index (χ2n) is 5.18. The van der Waals surface area contributed by atoms with Gasteiger partial charge in [0.1, 0.15) is 12.2 Å². The molecule has 2 aromatic heterocycles. The molecule has 0 amide bonds. The van der Waals surface area contributed by atoms with E-state index in [4.69, 9.17) is 16.3 Å². The fraction of sp³-hybridized carbons (Fsp3) is 0.643. The topological polar surface area (TPSA) is 52.8 Å². The van der Waals surface area contributed by atoms with Crippen LogP contribution in [0.3, 0.4) is 0 Å². The van der Waals surface area contributed by atoms with E-state index in [1.165, 1.54) is 6.33 Å². The van der Waals surface area contributed by atoms with Crippen LogP contribution in [0, 0.1) is 0 Å². The molecule has 110 valence electrons. The summed E-state index contributed by atoms with van der Waals surface area (Å²) in [5.74, 6) is 1.30. The number of hydrogen-bond acceptors (Lipinski definition) is 4. The van der Waals surface area contributed by atoms with Crippen LogP contribution in [0.2, 0.25) is 0 Å². The summed E-state index contributed by atoms with van der Waals surface area (Å²) in [6.45, 7) is 8.45. The standard InChI is InChI=1S/C14H21ClN4O/c1-6-14(4,7-2)19-11(9(3)15)18-10-12(19)16-8-17-13(10)20-5/h8-9H,6-7H2,1-5H3. The Kier molecular flexibility index (Phi) is 4.18. The van der Waals surface area contributed by atoms with Gasteiger partial charge in [-0.2, -0.15) is 4.98 Å². The van der Waals surface area contributed by atoms with Crippen LogP contribution in [0.5, 0.6) is 5.88 Å². The van der Waals surface area contributed by atoms with Crippen molar-refractivity contribution in [2.45, 2.75) is 51.5 Å². The highest BCUT2D eigenvalue weighted by Crippen LogP contribution is 2.35. The van der Waals surface area contributed by atoms with Crippen molar-refractivity contribution in [3.63, 3.8) is 0 Å². The minimum atomic E-state index is -0.202. The number of rotatable bonds is 5. The van der Waals surface area contributed by atoms with Gasteiger partial charge in [-0.15, -0.1) is 11.6 Å². The van der Waals surface area contributed by atoms with Crippen LogP contribution in [0.4, 0.5) is 0 Å². The molecule has 0 spiro atoms. The highest BCUT2D eigenvalue weighted by molar-refractivity contribution is 6.20. The average Bonchev–Trinajstić information content (AvgIpc) is 2.86. The number of methoxy groups -OCH3 is 1. The number of imidazole rings is 1. The number of ether oxygens (including phenoxy) is 1. The Labute approximate surface area is 124 Å². The van der Waals surface area contributed by atoms with E-state index in [9.17, 15) is 0 Å². The smallest absolute Gasteiger partial charge is 0.245 e. The summed E-state index contributed by atoms with van der Waals surface area (Å²) in [4.78, 5) is 13.2. The maximum absolute atomic E-state index is 6.32. The van der Waals surface area contributed by atoms with Crippen LogP contribution in [-0.4, -0.2) is 26.6 Å². The molecule has 1 atom stereocenters. The number of alkyl halides is 1. The first-order valence-corrected chi connectivity index (χ1v) is 7.34. The molecule has 0 saturated carbocycles. The first-order chi connectivity index (χ1) is 9.48. The fourth-order valence-electron chi connectivity index (χ4n) is 2.40. The van der Waals surface area contributed by atoms with E-state index < -0.39 is 0 Å². The highest BCUT2D eigenvalue weighted by Gasteiger charge is 2.30. The lowest BCUT2D eigenvalue weighted by Crippen LogP contribution is -2.30.